The first-order valence-electron chi connectivity index (χ1n) is 8.26. The number of allylic oxidation sites excluding steroid dienone is 2. The highest BCUT2D eigenvalue weighted by atomic mass is 19.2. The minimum absolute atomic E-state index is 0.346. The largest absolute Gasteiger partial charge is 0.737 e. The zero-order valence-electron chi connectivity index (χ0n) is 14.6. The topological polar surface area (TPSA) is 7.94 Å². The Labute approximate surface area is 144 Å². The highest BCUT2D eigenvalue weighted by Crippen LogP contribution is 2.43. The van der Waals surface area contributed by atoms with Gasteiger partial charge >= 0.3 is 6.97 Å². The van der Waals surface area contributed by atoms with Gasteiger partial charge in [-0.05, 0) is 55.8 Å². The second-order valence-corrected chi connectivity index (χ2v) is 6.84. The lowest BCUT2D eigenvalue weighted by Gasteiger charge is -2.34. The van der Waals surface area contributed by atoms with E-state index < -0.39 is 6.97 Å². The number of aromatic nitrogens is 1. The molecule has 0 amide bonds. The summed E-state index contributed by atoms with van der Waals surface area (Å²) in [5, 5.41) is 0. The second kappa shape index (κ2) is 5.00. The molecular formula is C19H18BF3N2. The van der Waals surface area contributed by atoms with Gasteiger partial charge in [-0.2, -0.15) is 0 Å². The SMILES string of the molecule is CC1=CC(C)=[N+]2C1=C(c1ccc(F)cc1)c1c(C)cc(C)n1[B-]2(F)F. The van der Waals surface area contributed by atoms with Crippen molar-refractivity contribution in [1.82, 2.24) is 4.48 Å². The fraction of sp³-hybridized carbons (Fsp3) is 0.211. The molecule has 1 aromatic carbocycles. The van der Waals surface area contributed by atoms with Gasteiger partial charge in [0.2, 0.25) is 0 Å². The number of rotatable bonds is 1. The lowest BCUT2D eigenvalue weighted by atomic mass is 9.84. The number of aryl methyl sites for hydroxylation is 2. The molecule has 0 fully saturated rings. The lowest BCUT2D eigenvalue weighted by Crippen LogP contribution is -2.51. The summed E-state index contributed by atoms with van der Waals surface area (Å²) < 4.78 is 46.5. The van der Waals surface area contributed by atoms with Crippen molar-refractivity contribution in [3.05, 3.63) is 76.0 Å². The molecule has 0 radical (unpaired) electrons. The van der Waals surface area contributed by atoms with E-state index in [4.69, 9.17) is 0 Å². The highest BCUT2D eigenvalue weighted by Gasteiger charge is 2.55. The number of hydrogen-bond acceptors (Lipinski definition) is 0. The van der Waals surface area contributed by atoms with E-state index in [0.29, 0.717) is 22.8 Å². The summed E-state index contributed by atoms with van der Waals surface area (Å²) in [7, 11) is 0. The van der Waals surface area contributed by atoms with Crippen molar-refractivity contribution in [3.63, 3.8) is 0 Å². The van der Waals surface area contributed by atoms with Crippen LogP contribution in [-0.4, -0.2) is 21.6 Å². The Bertz CT molecular complexity index is 1010. The molecule has 128 valence electrons. The Morgan fingerprint density at radius 2 is 1.64 bits per heavy atom. The number of hydrogen-bond donors (Lipinski definition) is 0. The van der Waals surface area contributed by atoms with Gasteiger partial charge < -0.3 is 17.6 Å². The number of nitrogens with zero attached hydrogens (tertiary/aromatic N) is 2. The fourth-order valence-corrected chi connectivity index (χ4v) is 4.19. The van der Waals surface area contributed by atoms with Crippen LogP contribution in [0.5, 0.6) is 0 Å². The molecule has 2 aliphatic heterocycles. The third-order valence-electron chi connectivity index (χ3n) is 5.07. The molecule has 1 aromatic heterocycles. The first kappa shape index (κ1) is 16.0. The summed E-state index contributed by atoms with van der Waals surface area (Å²) in [6.45, 7) is 3.11. The normalized spacial score (nSPS) is 18.4. The molecule has 2 nitrogen and oxygen atoms in total. The average molecular weight is 342 g/mol. The van der Waals surface area contributed by atoms with Gasteiger partial charge in [0.05, 0.1) is 5.57 Å². The van der Waals surface area contributed by atoms with Crippen LogP contribution in [0.15, 0.2) is 47.7 Å². The van der Waals surface area contributed by atoms with Gasteiger partial charge in [0.25, 0.3) is 0 Å². The number of halogens is 3. The first-order chi connectivity index (χ1) is 11.7. The molecule has 6 heteroatoms. The zero-order valence-corrected chi connectivity index (χ0v) is 14.6. The van der Waals surface area contributed by atoms with E-state index in [1.54, 1.807) is 38.1 Å². The third kappa shape index (κ3) is 2.03. The van der Waals surface area contributed by atoms with Gasteiger partial charge in [0, 0.05) is 24.3 Å². The number of benzene rings is 1. The summed E-state index contributed by atoms with van der Waals surface area (Å²) in [5.74, 6) is -0.346. The van der Waals surface area contributed by atoms with Crippen LogP contribution in [0.4, 0.5) is 13.0 Å². The molecule has 0 saturated carbocycles. The molecule has 0 bridgehead atoms. The van der Waals surface area contributed by atoms with Crippen molar-refractivity contribution in [2.45, 2.75) is 27.7 Å². The summed E-state index contributed by atoms with van der Waals surface area (Å²) in [6.07, 6.45) is 1.78. The van der Waals surface area contributed by atoms with Gasteiger partial charge in [-0.15, -0.1) is 0 Å². The Morgan fingerprint density at radius 1 is 1.00 bits per heavy atom. The van der Waals surface area contributed by atoms with Crippen LogP contribution in [-0.2, 0) is 0 Å². The first-order valence-corrected chi connectivity index (χ1v) is 8.26. The van der Waals surface area contributed by atoms with E-state index in [1.165, 1.54) is 12.1 Å². The number of fused-ring (bicyclic) bond motifs is 2. The van der Waals surface area contributed by atoms with Crippen LogP contribution in [0.3, 0.4) is 0 Å². The predicted molar refractivity (Wildman–Crippen MR) is 94.4 cm³/mol. The van der Waals surface area contributed by atoms with Crippen LogP contribution >= 0.6 is 0 Å². The fourth-order valence-electron chi connectivity index (χ4n) is 4.19. The maximum Gasteiger partial charge on any atom is 0.737 e. The van der Waals surface area contributed by atoms with Crippen LogP contribution in [0.1, 0.15) is 36.4 Å². The molecule has 2 aliphatic rings. The Kier molecular flexibility index (Phi) is 3.20. The molecule has 0 saturated heterocycles. The van der Waals surface area contributed by atoms with Crippen LogP contribution in [0, 0.1) is 19.7 Å². The van der Waals surface area contributed by atoms with Gasteiger partial charge in [-0.1, -0.05) is 12.1 Å². The summed E-state index contributed by atoms with van der Waals surface area (Å²) >= 11 is 0. The Hall–Kier alpha value is -2.50. The van der Waals surface area contributed by atoms with Crippen molar-refractivity contribution >= 4 is 18.3 Å². The molecule has 25 heavy (non-hydrogen) atoms. The molecule has 0 N–H and O–H groups in total. The van der Waals surface area contributed by atoms with Crippen molar-refractivity contribution < 1.29 is 17.5 Å². The standard InChI is InChI=1S/C19H18BF3N2/c1-11-9-13(3)24-18(11)17(15-5-7-16(21)8-6-15)19-12(2)10-14(4)25(19)20(24,22)23/h5-10H,1-4H3. The quantitative estimate of drug-likeness (QED) is 0.666. The summed E-state index contributed by atoms with van der Waals surface area (Å²) in [5.41, 5.74) is 5.13. The third-order valence-corrected chi connectivity index (χ3v) is 5.07. The Balaban J connectivity index is 2.17. The van der Waals surface area contributed by atoms with Crippen molar-refractivity contribution in [2.24, 2.45) is 0 Å². The van der Waals surface area contributed by atoms with Crippen LogP contribution in [0.2, 0.25) is 0 Å². The van der Waals surface area contributed by atoms with Crippen LogP contribution in [0.25, 0.3) is 5.57 Å². The summed E-state index contributed by atoms with van der Waals surface area (Å²) in [4.78, 5) is 0. The molecule has 2 aromatic rings. The Morgan fingerprint density at radius 3 is 2.28 bits per heavy atom. The molecule has 0 unspecified atom stereocenters. The molecule has 4 rings (SSSR count). The van der Waals surface area contributed by atoms with E-state index >= 15 is 8.63 Å². The average Bonchev–Trinajstić information content (AvgIpc) is 2.99. The van der Waals surface area contributed by atoms with Crippen molar-refractivity contribution in [2.75, 3.05) is 0 Å². The van der Waals surface area contributed by atoms with Gasteiger partial charge in [-0.25, -0.2) is 4.39 Å². The zero-order chi connectivity index (χ0) is 18.1. The van der Waals surface area contributed by atoms with E-state index in [0.717, 1.165) is 31.2 Å². The second-order valence-electron chi connectivity index (χ2n) is 6.84. The predicted octanol–water partition coefficient (Wildman–Crippen LogP) is 4.67. The van der Waals surface area contributed by atoms with E-state index in [9.17, 15) is 4.39 Å². The smallest absolute Gasteiger partial charge is 0.393 e. The minimum Gasteiger partial charge on any atom is -0.393 e. The minimum atomic E-state index is -3.97. The maximum atomic E-state index is 15.4. The van der Waals surface area contributed by atoms with Gasteiger partial charge in [-0.3, -0.25) is 0 Å². The molecule has 3 heterocycles. The maximum absolute atomic E-state index is 15.4. The van der Waals surface area contributed by atoms with E-state index in [-0.39, 0.29) is 5.82 Å². The monoisotopic (exact) mass is 342 g/mol. The van der Waals surface area contributed by atoms with Crippen molar-refractivity contribution in [3.8, 4) is 0 Å². The van der Waals surface area contributed by atoms with E-state index in [2.05, 4.69) is 0 Å². The van der Waals surface area contributed by atoms with E-state index in [1.807, 2.05) is 13.8 Å². The summed E-state index contributed by atoms with van der Waals surface area (Å²) in [6, 6.07) is 7.82. The molecule has 0 spiro atoms. The molecule has 0 atom stereocenters. The van der Waals surface area contributed by atoms with Gasteiger partial charge in [0.1, 0.15) is 11.5 Å². The van der Waals surface area contributed by atoms with Gasteiger partial charge in [0.15, 0.2) is 5.70 Å². The molecular weight excluding hydrogens is 324 g/mol. The molecule has 0 aliphatic carbocycles. The van der Waals surface area contributed by atoms with Crippen LogP contribution < -0.4 is 0 Å². The van der Waals surface area contributed by atoms with Crippen molar-refractivity contribution in [1.29, 1.82) is 0 Å². The highest BCUT2D eigenvalue weighted by molar-refractivity contribution is 6.58. The lowest BCUT2D eigenvalue weighted by molar-refractivity contribution is -0.363.